The number of amides is 1. The second kappa shape index (κ2) is 7.48. The van der Waals surface area contributed by atoms with E-state index in [4.69, 9.17) is 16.3 Å². The van der Waals surface area contributed by atoms with Crippen LogP contribution in [0, 0.1) is 0 Å². The van der Waals surface area contributed by atoms with Crippen LogP contribution < -0.4 is 10.1 Å². The number of carbonyl (C=O) groups excluding carboxylic acids is 1. The van der Waals surface area contributed by atoms with E-state index in [1.165, 1.54) is 11.3 Å². The number of aromatic nitrogens is 1. The fourth-order valence-corrected chi connectivity index (χ4v) is 3.46. The predicted molar refractivity (Wildman–Crippen MR) is 104 cm³/mol. The van der Waals surface area contributed by atoms with Gasteiger partial charge < -0.3 is 10.1 Å². The van der Waals surface area contributed by atoms with E-state index in [0.717, 1.165) is 34.7 Å². The van der Waals surface area contributed by atoms with Gasteiger partial charge in [-0.3, -0.25) is 4.79 Å². The molecule has 1 aliphatic carbocycles. The normalized spacial score (nSPS) is 13.4. The highest BCUT2D eigenvalue weighted by Gasteiger charge is 2.25. The van der Waals surface area contributed by atoms with Crippen LogP contribution in [0.1, 0.15) is 28.9 Å². The van der Waals surface area contributed by atoms with Crippen LogP contribution >= 0.6 is 22.9 Å². The lowest BCUT2D eigenvalue weighted by molar-refractivity contribution is 0.0947. The third kappa shape index (κ3) is 4.06. The maximum absolute atomic E-state index is 12.2. The van der Waals surface area contributed by atoms with Gasteiger partial charge in [-0.05, 0) is 42.7 Å². The van der Waals surface area contributed by atoms with Crippen molar-refractivity contribution in [3.8, 4) is 16.3 Å². The molecule has 0 spiro atoms. The first-order valence-corrected chi connectivity index (χ1v) is 9.68. The first-order chi connectivity index (χ1) is 12.7. The molecule has 1 aliphatic rings. The van der Waals surface area contributed by atoms with E-state index in [1.807, 2.05) is 48.5 Å². The first-order valence-electron chi connectivity index (χ1n) is 8.42. The van der Waals surface area contributed by atoms with Gasteiger partial charge in [0.2, 0.25) is 0 Å². The molecule has 1 aromatic heterocycles. The minimum absolute atomic E-state index is 0.102. The number of thiazole rings is 1. The second-order valence-corrected chi connectivity index (χ2v) is 7.49. The summed E-state index contributed by atoms with van der Waals surface area (Å²) in [6.45, 7) is 0.439. The molecule has 1 heterocycles. The molecule has 0 bridgehead atoms. The minimum Gasteiger partial charge on any atom is -0.488 e. The number of carbonyl (C=O) groups is 1. The summed E-state index contributed by atoms with van der Waals surface area (Å²) >= 11 is 7.36. The van der Waals surface area contributed by atoms with Crippen LogP contribution in [0.5, 0.6) is 5.75 Å². The average Bonchev–Trinajstić information content (AvgIpc) is 3.33. The van der Waals surface area contributed by atoms with E-state index in [-0.39, 0.29) is 5.91 Å². The van der Waals surface area contributed by atoms with Crippen LogP contribution in [0.15, 0.2) is 53.9 Å². The molecule has 132 valence electrons. The number of ether oxygens (including phenoxy) is 1. The lowest BCUT2D eigenvalue weighted by atomic mass is 10.2. The fourth-order valence-electron chi connectivity index (χ4n) is 2.50. The molecular weight excluding hydrogens is 368 g/mol. The summed E-state index contributed by atoms with van der Waals surface area (Å²) in [7, 11) is 0. The standard InChI is InChI=1S/C20H17ClN2O2S/c21-14-7-5-13(6-8-14)11-25-18-4-2-1-3-16(18)20-23-17(12-26-20)19(24)22-15-9-10-15/h1-8,12,15H,9-11H2,(H,22,24). The van der Waals surface area contributed by atoms with Crippen molar-refractivity contribution in [3.63, 3.8) is 0 Å². The molecule has 6 heteroatoms. The van der Waals surface area contributed by atoms with E-state index in [0.29, 0.717) is 23.4 Å². The second-order valence-electron chi connectivity index (χ2n) is 6.20. The summed E-state index contributed by atoms with van der Waals surface area (Å²) in [6, 6.07) is 15.6. The molecule has 1 saturated carbocycles. The van der Waals surface area contributed by atoms with Gasteiger partial charge in [0.05, 0.1) is 5.56 Å². The number of hydrogen-bond donors (Lipinski definition) is 1. The van der Waals surface area contributed by atoms with Gasteiger partial charge in [0, 0.05) is 16.4 Å². The Morgan fingerprint density at radius 1 is 1.19 bits per heavy atom. The van der Waals surface area contributed by atoms with Crippen molar-refractivity contribution in [1.29, 1.82) is 0 Å². The van der Waals surface area contributed by atoms with Gasteiger partial charge in [-0.2, -0.15) is 0 Å². The number of halogens is 1. The zero-order valence-electron chi connectivity index (χ0n) is 13.9. The van der Waals surface area contributed by atoms with Crippen molar-refractivity contribution in [2.75, 3.05) is 0 Å². The van der Waals surface area contributed by atoms with Crippen molar-refractivity contribution in [2.45, 2.75) is 25.5 Å². The molecule has 0 saturated heterocycles. The summed E-state index contributed by atoms with van der Waals surface area (Å²) in [6.07, 6.45) is 2.12. The highest BCUT2D eigenvalue weighted by Crippen LogP contribution is 2.33. The molecule has 26 heavy (non-hydrogen) atoms. The largest absolute Gasteiger partial charge is 0.488 e. The van der Waals surface area contributed by atoms with Gasteiger partial charge >= 0.3 is 0 Å². The zero-order chi connectivity index (χ0) is 17.9. The van der Waals surface area contributed by atoms with Crippen molar-refractivity contribution in [2.24, 2.45) is 0 Å². The van der Waals surface area contributed by atoms with Crippen LogP contribution in [0.2, 0.25) is 5.02 Å². The van der Waals surface area contributed by atoms with Gasteiger partial charge in [0.1, 0.15) is 23.1 Å². The molecule has 0 atom stereocenters. The van der Waals surface area contributed by atoms with E-state index in [1.54, 1.807) is 5.38 Å². The minimum atomic E-state index is -0.102. The van der Waals surface area contributed by atoms with E-state index >= 15 is 0 Å². The molecule has 1 fully saturated rings. The number of benzene rings is 2. The Kier molecular flexibility index (Phi) is 4.91. The molecule has 1 N–H and O–H groups in total. The summed E-state index contributed by atoms with van der Waals surface area (Å²) in [5.74, 6) is 0.639. The third-order valence-corrected chi connectivity index (χ3v) is 5.20. The van der Waals surface area contributed by atoms with Crippen molar-refractivity contribution >= 4 is 28.8 Å². The Hall–Kier alpha value is -2.37. The van der Waals surface area contributed by atoms with Crippen LogP contribution in [-0.4, -0.2) is 16.9 Å². The van der Waals surface area contributed by atoms with Crippen LogP contribution in [0.3, 0.4) is 0 Å². The molecular formula is C20H17ClN2O2S. The smallest absolute Gasteiger partial charge is 0.270 e. The van der Waals surface area contributed by atoms with E-state index < -0.39 is 0 Å². The van der Waals surface area contributed by atoms with Crippen LogP contribution in [0.4, 0.5) is 0 Å². The maximum Gasteiger partial charge on any atom is 0.270 e. The third-order valence-electron chi connectivity index (χ3n) is 4.07. The quantitative estimate of drug-likeness (QED) is 0.655. The van der Waals surface area contributed by atoms with E-state index in [2.05, 4.69) is 10.3 Å². The number of para-hydroxylation sites is 1. The maximum atomic E-state index is 12.2. The van der Waals surface area contributed by atoms with E-state index in [9.17, 15) is 4.79 Å². The molecule has 0 unspecified atom stereocenters. The fraction of sp³-hybridized carbons (Fsp3) is 0.200. The number of rotatable bonds is 6. The van der Waals surface area contributed by atoms with Crippen LogP contribution in [0.25, 0.3) is 10.6 Å². The Labute approximate surface area is 160 Å². The lowest BCUT2D eigenvalue weighted by Crippen LogP contribution is -2.25. The summed E-state index contributed by atoms with van der Waals surface area (Å²) in [5.41, 5.74) is 2.38. The van der Waals surface area contributed by atoms with Gasteiger partial charge in [-0.15, -0.1) is 11.3 Å². The van der Waals surface area contributed by atoms with Crippen molar-refractivity contribution < 1.29 is 9.53 Å². The molecule has 1 amide bonds. The summed E-state index contributed by atoms with van der Waals surface area (Å²) < 4.78 is 5.98. The topological polar surface area (TPSA) is 51.2 Å². The monoisotopic (exact) mass is 384 g/mol. The van der Waals surface area contributed by atoms with Gasteiger partial charge in [-0.25, -0.2) is 4.98 Å². The average molecular weight is 385 g/mol. The number of nitrogens with one attached hydrogen (secondary N) is 1. The lowest BCUT2D eigenvalue weighted by Gasteiger charge is -2.10. The number of nitrogens with zero attached hydrogens (tertiary/aromatic N) is 1. The zero-order valence-corrected chi connectivity index (χ0v) is 15.5. The Balaban J connectivity index is 1.50. The molecule has 4 rings (SSSR count). The predicted octanol–water partition coefficient (Wildman–Crippen LogP) is 4.93. The van der Waals surface area contributed by atoms with Gasteiger partial charge in [0.25, 0.3) is 5.91 Å². The summed E-state index contributed by atoms with van der Waals surface area (Å²) in [4.78, 5) is 16.7. The highest BCUT2D eigenvalue weighted by atomic mass is 35.5. The molecule has 4 nitrogen and oxygen atoms in total. The van der Waals surface area contributed by atoms with Crippen molar-refractivity contribution in [3.05, 3.63) is 70.2 Å². The van der Waals surface area contributed by atoms with Gasteiger partial charge in [-0.1, -0.05) is 35.9 Å². The highest BCUT2D eigenvalue weighted by molar-refractivity contribution is 7.13. The molecule has 0 aliphatic heterocycles. The Bertz CT molecular complexity index is 920. The Morgan fingerprint density at radius 2 is 1.96 bits per heavy atom. The molecule has 2 aromatic carbocycles. The van der Waals surface area contributed by atoms with Gasteiger partial charge in [0.15, 0.2) is 0 Å². The summed E-state index contributed by atoms with van der Waals surface area (Å²) in [5, 5.41) is 6.24. The Morgan fingerprint density at radius 3 is 2.73 bits per heavy atom. The van der Waals surface area contributed by atoms with Crippen LogP contribution in [-0.2, 0) is 6.61 Å². The first kappa shape index (κ1) is 17.1. The molecule has 0 radical (unpaired) electrons. The SMILES string of the molecule is O=C(NC1CC1)c1csc(-c2ccccc2OCc2ccc(Cl)cc2)n1. The number of hydrogen-bond acceptors (Lipinski definition) is 4. The van der Waals surface area contributed by atoms with Crippen molar-refractivity contribution in [1.82, 2.24) is 10.3 Å². The molecule has 3 aromatic rings.